The van der Waals surface area contributed by atoms with E-state index in [1.165, 1.54) is 52.8 Å². The molecular weight excluding hydrogens is 384 g/mol. The molecule has 2 nitrogen and oxygen atoms in total. The van der Waals surface area contributed by atoms with Crippen LogP contribution in [0.15, 0.2) is 97.2 Å². The molecule has 0 spiro atoms. The fourth-order valence-corrected chi connectivity index (χ4v) is 5.78. The Hall–Kier alpha value is -3.69. The quantitative estimate of drug-likeness (QED) is 0.276. The van der Waals surface area contributed by atoms with Gasteiger partial charge in [0, 0.05) is 37.1 Å². The maximum Gasteiger partial charge on any atom is 0.137 e. The zero-order valence-corrected chi connectivity index (χ0v) is 16.9. The van der Waals surface area contributed by atoms with Gasteiger partial charge >= 0.3 is 0 Å². The number of rotatable bonds is 1. The molecular formula is C27H16N2S. The minimum Gasteiger partial charge on any atom is -0.294 e. The second kappa shape index (κ2) is 5.91. The Morgan fingerprint density at radius 3 is 2.17 bits per heavy atom. The summed E-state index contributed by atoms with van der Waals surface area (Å²) in [6, 6.07) is 32.7. The third-order valence-electron chi connectivity index (χ3n) is 6.01. The first kappa shape index (κ1) is 16.1. The van der Waals surface area contributed by atoms with Crippen molar-refractivity contribution in [1.29, 1.82) is 0 Å². The molecule has 7 rings (SSSR count). The van der Waals surface area contributed by atoms with Gasteiger partial charge in [-0.1, -0.05) is 48.5 Å². The van der Waals surface area contributed by atoms with Gasteiger partial charge in [0.15, 0.2) is 0 Å². The number of aromatic nitrogens is 2. The molecule has 3 aromatic heterocycles. The van der Waals surface area contributed by atoms with Gasteiger partial charge in [0.1, 0.15) is 5.82 Å². The van der Waals surface area contributed by atoms with Gasteiger partial charge < -0.3 is 0 Å². The summed E-state index contributed by atoms with van der Waals surface area (Å²) in [6.07, 6.45) is 1.87. The van der Waals surface area contributed by atoms with Crippen molar-refractivity contribution >= 4 is 64.1 Å². The van der Waals surface area contributed by atoms with E-state index in [9.17, 15) is 0 Å². The zero-order valence-electron chi connectivity index (χ0n) is 16.0. The van der Waals surface area contributed by atoms with E-state index in [1.54, 1.807) is 0 Å². The average Bonchev–Trinajstić information content (AvgIpc) is 3.31. The van der Waals surface area contributed by atoms with Gasteiger partial charge in [-0.3, -0.25) is 4.57 Å². The van der Waals surface area contributed by atoms with E-state index >= 15 is 0 Å². The standard InChI is InChI=1S/C27H16N2S/c1-2-8-18-14-23-20(13-17(18)7-1)21-16-26-22(19-9-3-4-10-25(19)30-26)15-24(21)29(23)27-11-5-6-12-28-27/h1-16H. The van der Waals surface area contributed by atoms with Crippen LogP contribution in [0.5, 0.6) is 0 Å². The summed E-state index contributed by atoms with van der Waals surface area (Å²) in [5, 5.41) is 7.70. The Morgan fingerprint density at radius 2 is 1.30 bits per heavy atom. The molecule has 0 bridgehead atoms. The zero-order chi connectivity index (χ0) is 19.7. The molecule has 0 aliphatic heterocycles. The van der Waals surface area contributed by atoms with Crippen LogP contribution in [0.4, 0.5) is 0 Å². The van der Waals surface area contributed by atoms with Gasteiger partial charge in [-0.05, 0) is 53.2 Å². The SMILES string of the molecule is c1ccc(-n2c3cc4ccccc4cc3c3cc4sc5ccccc5c4cc32)nc1. The van der Waals surface area contributed by atoms with E-state index in [1.807, 2.05) is 23.6 Å². The Morgan fingerprint density at radius 1 is 0.567 bits per heavy atom. The highest BCUT2D eigenvalue weighted by molar-refractivity contribution is 7.25. The van der Waals surface area contributed by atoms with Crippen LogP contribution in [0.1, 0.15) is 0 Å². The topological polar surface area (TPSA) is 17.8 Å². The summed E-state index contributed by atoms with van der Waals surface area (Å²) in [5.41, 5.74) is 2.40. The number of hydrogen-bond acceptors (Lipinski definition) is 2. The summed E-state index contributed by atoms with van der Waals surface area (Å²) in [7, 11) is 0. The Kier molecular flexibility index (Phi) is 3.18. The molecule has 0 saturated heterocycles. The molecule has 30 heavy (non-hydrogen) atoms. The lowest BCUT2D eigenvalue weighted by Crippen LogP contribution is -1.96. The fraction of sp³-hybridized carbons (Fsp3) is 0. The molecule has 0 unspecified atom stereocenters. The van der Waals surface area contributed by atoms with E-state index in [2.05, 4.69) is 89.5 Å². The lowest BCUT2D eigenvalue weighted by atomic mass is 10.1. The summed E-state index contributed by atoms with van der Waals surface area (Å²) < 4.78 is 4.97. The molecule has 0 aliphatic rings. The first-order valence-electron chi connectivity index (χ1n) is 10.1. The molecule has 3 heterocycles. The normalized spacial score (nSPS) is 12.0. The minimum absolute atomic E-state index is 0.951. The molecule has 0 N–H and O–H groups in total. The van der Waals surface area contributed by atoms with Crippen molar-refractivity contribution in [1.82, 2.24) is 9.55 Å². The second-order valence-electron chi connectivity index (χ2n) is 7.70. The first-order chi connectivity index (χ1) is 14.9. The number of benzene rings is 4. The van der Waals surface area contributed by atoms with E-state index in [0.717, 1.165) is 5.82 Å². The average molecular weight is 401 g/mol. The van der Waals surface area contributed by atoms with Crippen LogP contribution in [0, 0.1) is 0 Å². The highest BCUT2D eigenvalue weighted by Crippen LogP contribution is 2.41. The highest BCUT2D eigenvalue weighted by Gasteiger charge is 2.16. The third kappa shape index (κ3) is 2.15. The predicted molar refractivity (Wildman–Crippen MR) is 129 cm³/mol. The molecule has 3 heteroatoms. The van der Waals surface area contributed by atoms with Crippen LogP contribution >= 0.6 is 11.3 Å². The highest BCUT2D eigenvalue weighted by atomic mass is 32.1. The van der Waals surface area contributed by atoms with Crippen LogP contribution in [0.2, 0.25) is 0 Å². The van der Waals surface area contributed by atoms with Crippen LogP contribution in [-0.4, -0.2) is 9.55 Å². The summed E-state index contributed by atoms with van der Waals surface area (Å²) in [4.78, 5) is 4.70. The number of fused-ring (bicyclic) bond motifs is 7. The number of hydrogen-bond donors (Lipinski definition) is 0. The molecule has 0 amide bonds. The monoisotopic (exact) mass is 400 g/mol. The number of pyridine rings is 1. The molecule has 4 aromatic carbocycles. The van der Waals surface area contributed by atoms with Gasteiger partial charge in [-0.25, -0.2) is 4.98 Å². The molecule has 0 aliphatic carbocycles. The fourth-order valence-electron chi connectivity index (χ4n) is 4.65. The van der Waals surface area contributed by atoms with Crippen molar-refractivity contribution in [2.24, 2.45) is 0 Å². The predicted octanol–water partition coefficient (Wildman–Crippen LogP) is 7.70. The van der Waals surface area contributed by atoms with Crippen molar-refractivity contribution in [3.05, 3.63) is 97.2 Å². The molecule has 0 radical (unpaired) electrons. The lowest BCUT2D eigenvalue weighted by Gasteiger charge is -2.07. The molecule has 140 valence electrons. The second-order valence-corrected chi connectivity index (χ2v) is 8.79. The van der Waals surface area contributed by atoms with Crippen molar-refractivity contribution in [3.8, 4) is 5.82 Å². The van der Waals surface area contributed by atoms with Crippen molar-refractivity contribution in [2.45, 2.75) is 0 Å². The number of thiophene rings is 1. The summed E-state index contributed by atoms with van der Waals surface area (Å²) in [6.45, 7) is 0. The van der Waals surface area contributed by atoms with Crippen molar-refractivity contribution < 1.29 is 0 Å². The van der Waals surface area contributed by atoms with Crippen LogP contribution in [0.25, 0.3) is 58.6 Å². The molecule has 7 aromatic rings. The smallest absolute Gasteiger partial charge is 0.137 e. The van der Waals surface area contributed by atoms with Crippen LogP contribution in [0.3, 0.4) is 0 Å². The molecule has 0 fully saturated rings. The lowest BCUT2D eigenvalue weighted by molar-refractivity contribution is 1.08. The summed E-state index contributed by atoms with van der Waals surface area (Å²) in [5.74, 6) is 0.951. The van der Waals surface area contributed by atoms with Gasteiger partial charge in [-0.15, -0.1) is 11.3 Å². The largest absolute Gasteiger partial charge is 0.294 e. The Bertz CT molecular complexity index is 1740. The maximum atomic E-state index is 4.70. The van der Waals surface area contributed by atoms with Crippen molar-refractivity contribution in [2.75, 3.05) is 0 Å². The Labute approximate surface area is 176 Å². The minimum atomic E-state index is 0.951. The molecule has 0 saturated carbocycles. The van der Waals surface area contributed by atoms with Crippen LogP contribution in [-0.2, 0) is 0 Å². The van der Waals surface area contributed by atoms with E-state index in [0.29, 0.717) is 0 Å². The van der Waals surface area contributed by atoms with E-state index in [-0.39, 0.29) is 0 Å². The van der Waals surface area contributed by atoms with Crippen LogP contribution < -0.4 is 0 Å². The molecule has 0 atom stereocenters. The van der Waals surface area contributed by atoms with Gasteiger partial charge in [0.25, 0.3) is 0 Å². The van der Waals surface area contributed by atoms with Crippen molar-refractivity contribution in [3.63, 3.8) is 0 Å². The first-order valence-corrected chi connectivity index (χ1v) is 10.9. The van der Waals surface area contributed by atoms with Gasteiger partial charge in [0.05, 0.1) is 11.0 Å². The van der Waals surface area contributed by atoms with Gasteiger partial charge in [0.2, 0.25) is 0 Å². The van der Waals surface area contributed by atoms with Gasteiger partial charge in [-0.2, -0.15) is 0 Å². The third-order valence-corrected chi connectivity index (χ3v) is 7.14. The van der Waals surface area contributed by atoms with E-state index < -0.39 is 0 Å². The number of nitrogens with zero attached hydrogens (tertiary/aromatic N) is 2. The van der Waals surface area contributed by atoms with E-state index in [4.69, 9.17) is 4.98 Å². The Balaban J connectivity index is 1.73. The maximum absolute atomic E-state index is 4.70. The summed E-state index contributed by atoms with van der Waals surface area (Å²) >= 11 is 1.87.